The molecule has 2 aliphatic rings. The van der Waals surface area contributed by atoms with Crippen LogP contribution in [0.4, 0.5) is 0 Å². The van der Waals surface area contributed by atoms with Crippen molar-refractivity contribution < 1.29 is 14.6 Å². The van der Waals surface area contributed by atoms with Crippen molar-refractivity contribution in [1.82, 2.24) is 4.90 Å². The summed E-state index contributed by atoms with van der Waals surface area (Å²) in [6.07, 6.45) is 10.7. The van der Waals surface area contributed by atoms with Crippen LogP contribution in [-0.2, 0) is 15.1 Å². The molecule has 0 radical (unpaired) electrons. The van der Waals surface area contributed by atoms with Gasteiger partial charge in [0.05, 0.1) is 0 Å². The summed E-state index contributed by atoms with van der Waals surface area (Å²) < 4.78 is 5.81. The van der Waals surface area contributed by atoms with Crippen molar-refractivity contribution in [3.8, 4) is 12.3 Å². The molecule has 0 aromatic heterocycles. The van der Waals surface area contributed by atoms with Crippen molar-refractivity contribution in [1.29, 1.82) is 0 Å². The van der Waals surface area contributed by atoms with Gasteiger partial charge in [-0.25, -0.2) is 4.79 Å². The minimum atomic E-state index is -1.87. The van der Waals surface area contributed by atoms with Crippen LogP contribution in [-0.4, -0.2) is 41.2 Å². The van der Waals surface area contributed by atoms with Crippen molar-refractivity contribution in [2.45, 2.75) is 56.4 Å². The molecule has 3 rings (SSSR count). The maximum absolute atomic E-state index is 13.0. The zero-order chi connectivity index (χ0) is 18.0. The van der Waals surface area contributed by atoms with E-state index < -0.39 is 11.6 Å². The highest BCUT2D eigenvalue weighted by Crippen LogP contribution is 2.37. The predicted molar refractivity (Wildman–Crippen MR) is 96.6 cm³/mol. The summed E-state index contributed by atoms with van der Waals surface area (Å²) in [4.78, 5) is 15.3. The van der Waals surface area contributed by atoms with E-state index in [0.29, 0.717) is 17.2 Å². The minimum Gasteiger partial charge on any atom is -0.458 e. The molecule has 2 aliphatic heterocycles. The number of likely N-dealkylation sites (N-methyl/N-ethyl adjacent to an activating group) is 1. The number of ether oxygens (including phenoxy) is 1. The van der Waals surface area contributed by atoms with E-state index in [2.05, 4.69) is 17.9 Å². The summed E-state index contributed by atoms with van der Waals surface area (Å²) in [5.74, 6) is 1.81. The monoisotopic (exact) mass is 339 g/mol. The first-order chi connectivity index (χ1) is 12.0. The molecule has 1 aromatic rings. The molecule has 2 saturated heterocycles. The van der Waals surface area contributed by atoms with Crippen LogP contribution < -0.4 is 0 Å². The van der Waals surface area contributed by atoms with Crippen LogP contribution in [0.15, 0.2) is 42.0 Å². The molecule has 4 nitrogen and oxygen atoms in total. The Balaban J connectivity index is 1.86. The maximum Gasteiger partial charge on any atom is 0.347 e. The second-order valence-corrected chi connectivity index (χ2v) is 7.09. The molecule has 2 bridgehead atoms. The van der Waals surface area contributed by atoms with Crippen molar-refractivity contribution in [3.05, 3.63) is 47.5 Å². The number of benzene rings is 1. The fraction of sp³-hybridized carbons (Fsp3) is 0.476. The first kappa shape index (κ1) is 17.7. The third-order valence-electron chi connectivity index (χ3n) is 5.54. The van der Waals surface area contributed by atoms with Crippen LogP contribution >= 0.6 is 0 Å². The number of piperidine rings is 1. The predicted octanol–water partition coefficient (Wildman–Crippen LogP) is 2.62. The van der Waals surface area contributed by atoms with E-state index in [0.717, 1.165) is 25.7 Å². The lowest BCUT2D eigenvalue weighted by Gasteiger charge is -2.38. The average Bonchev–Trinajstić information content (AvgIpc) is 2.85. The SMILES string of the molecule is C#C/C(C)=C/C(O)(C(=O)OC1CCC2CCC1N2C)c1ccccc1. The largest absolute Gasteiger partial charge is 0.458 e. The van der Waals surface area contributed by atoms with Crippen molar-refractivity contribution >= 4 is 5.97 Å². The Morgan fingerprint density at radius 2 is 2.00 bits per heavy atom. The third kappa shape index (κ3) is 3.35. The zero-order valence-corrected chi connectivity index (χ0v) is 14.8. The Hall–Kier alpha value is -2.09. The van der Waals surface area contributed by atoms with Gasteiger partial charge in [0.2, 0.25) is 5.60 Å². The molecule has 0 amide bonds. The highest BCUT2D eigenvalue weighted by atomic mass is 16.6. The Bertz CT molecular complexity index is 706. The van der Waals surface area contributed by atoms with Gasteiger partial charge in [-0.1, -0.05) is 36.3 Å². The number of terminal acetylenes is 1. The summed E-state index contributed by atoms with van der Waals surface area (Å²) in [6, 6.07) is 9.64. The molecule has 0 saturated carbocycles. The van der Waals surface area contributed by atoms with E-state index >= 15 is 0 Å². The first-order valence-corrected chi connectivity index (χ1v) is 8.82. The van der Waals surface area contributed by atoms with Gasteiger partial charge < -0.3 is 9.84 Å². The molecular formula is C21H25NO3. The van der Waals surface area contributed by atoms with Crippen LogP contribution in [0, 0.1) is 12.3 Å². The molecular weight excluding hydrogens is 314 g/mol. The van der Waals surface area contributed by atoms with Gasteiger partial charge in [-0.3, -0.25) is 4.90 Å². The number of allylic oxidation sites excluding steroid dienone is 1. The standard InChI is InChI=1S/C21H25NO3/c1-4-15(2)14-21(24,16-8-6-5-7-9-16)20(23)25-19-13-11-17-10-12-18(19)22(17)3/h1,5-9,14,17-19,24H,10-13H2,2-3H3/b15-14+. The van der Waals surface area contributed by atoms with Crippen LogP contribution in [0.2, 0.25) is 0 Å². The molecule has 4 atom stereocenters. The van der Waals surface area contributed by atoms with Gasteiger partial charge in [-0.2, -0.15) is 0 Å². The van der Waals surface area contributed by atoms with Gasteiger partial charge in [0.1, 0.15) is 6.10 Å². The van der Waals surface area contributed by atoms with Crippen molar-refractivity contribution in [2.75, 3.05) is 7.05 Å². The summed E-state index contributed by atoms with van der Waals surface area (Å²) in [5, 5.41) is 11.2. The Morgan fingerprint density at radius 3 is 2.68 bits per heavy atom. The topological polar surface area (TPSA) is 49.8 Å². The summed E-state index contributed by atoms with van der Waals surface area (Å²) in [7, 11) is 2.09. The number of aliphatic hydroxyl groups is 1. The second kappa shape index (κ2) is 7.03. The van der Waals surface area contributed by atoms with Crippen LogP contribution in [0.3, 0.4) is 0 Å². The fourth-order valence-corrected chi connectivity index (χ4v) is 4.06. The molecule has 25 heavy (non-hydrogen) atoms. The number of hydrogen-bond acceptors (Lipinski definition) is 4. The zero-order valence-electron chi connectivity index (χ0n) is 14.8. The molecule has 0 spiro atoms. The van der Waals surface area contributed by atoms with E-state index in [1.807, 2.05) is 6.07 Å². The Morgan fingerprint density at radius 1 is 1.32 bits per heavy atom. The summed E-state index contributed by atoms with van der Waals surface area (Å²) >= 11 is 0. The molecule has 0 aliphatic carbocycles. The lowest BCUT2D eigenvalue weighted by Crippen LogP contribution is -2.49. The minimum absolute atomic E-state index is 0.189. The number of carbonyl (C=O) groups is 1. The lowest BCUT2D eigenvalue weighted by atomic mass is 9.91. The van der Waals surface area contributed by atoms with Crippen LogP contribution in [0.5, 0.6) is 0 Å². The number of nitrogens with zero attached hydrogens (tertiary/aromatic N) is 1. The molecule has 4 unspecified atom stereocenters. The highest BCUT2D eigenvalue weighted by molar-refractivity contribution is 5.84. The molecule has 2 heterocycles. The van der Waals surface area contributed by atoms with Gasteiger partial charge in [0, 0.05) is 12.1 Å². The fourth-order valence-electron chi connectivity index (χ4n) is 4.06. The molecule has 132 valence electrons. The molecule has 1 N–H and O–H groups in total. The van der Waals surface area contributed by atoms with Gasteiger partial charge in [0.25, 0.3) is 0 Å². The first-order valence-electron chi connectivity index (χ1n) is 8.82. The number of carbonyl (C=O) groups excluding carboxylic acids is 1. The van der Waals surface area contributed by atoms with Crippen molar-refractivity contribution in [2.24, 2.45) is 0 Å². The average molecular weight is 339 g/mol. The van der Waals surface area contributed by atoms with Gasteiger partial charge in [0.15, 0.2) is 0 Å². The van der Waals surface area contributed by atoms with Gasteiger partial charge in [-0.05, 0) is 56.9 Å². The number of fused-ring (bicyclic) bond motifs is 2. The van der Waals surface area contributed by atoms with E-state index in [-0.39, 0.29) is 12.1 Å². The number of hydrogen-bond donors (Lipinski definition) is 1. The normalized spacial score (nSPS) is 28.9. The van der Waals surface area contributed by atoms with Gasteiger partial charge >= 0.3 is 5.97 Å². The highest BCUT2D eigenvalue weighted by Gasteiger charge is 2.45. The summed E-state index contributed by atoms with van der Waals surface area (Å²) in [5.41, 5.74) is -0.917. The van der Waals surface area contributed by atoms with Crippen LogP contribution in [0.25, 0.3) is 0 Å². The van der Waals surface area contributed by atoms with E-state index in [1.54, 1.807) is 31.2 Å². The van der Waals surface area contributed by atoms with E-state index in [1.165, 1.54) is 6.08 Å². The quantitative estimate of drug-likeness (QED) is 0.677. The smallest absolute Gasteiger partial charge is 0.347 e. The van der Waals surface area contributed by atoms with Crippen LogP contribution in [0.1, 0.15) is 38.2 Å². The maximum atomic E-state index is 13.0. The second-order valence-electron chi connectivity index (χ2n) is 7.09. The van der Waals surface area contributed by atoms with E-state index in [4.69, 9.17) is 11.2 Å². The molecule has 2 fully saturated rings. The molecule has 4 heteroatoms. The lowest BCUT2D eigenvalue weighted by molar-refractivity contribution is -0.172. The number of rotatable bonds is 4. The molecule has 1 aromatic carbocycles. The Kier molecular flexibility index (Phi) is 4.99. The van der Waals surface area contributed by atoms with Crippen molar-refractivity contribution in [3.63, 3.8) is 0 Å². The summed E-state index contributed by atoms with van der Waals surface area (Å²) in [6.45, 7) is 1.69. The van der Waals surface area contributed by atoms with E-state index in [9.17, 15) is 9.90 Å². The Labute approximate surface area is 149 Å². The van der Waals surface area contributed by atoms with Gasteiger partial charge in [-0.15, -0.1) is 6.42 Å². The third-order valence-corrected chi connectivity index (χ3v) is 5.54. The number of esters is 1.